The van der Waals surface area contributed by atoms with Crippen molar-refractivity contribution in [2.24, 2.45) is 0 Å². The Bertz CT molecular complexity index is 384. The average molecular weight is 274 g/mol. The average Bonchev–Trinajstić information content (AvgIpc) is 2.49. The van der Waals surface area contributed by atoms with Crippen LogP contribution in [0, 0.1) is 0 Å². The lowest BCUT2D eigenvalue weighted by atomic mass is 9.87. The normalized spacial score (nSPS) is 22.9. The van der Waals surface area contributed by atoms with Gasteiger partial charge in [-0.2, -0.15) is 0 Å². The molecule has 20 heavy (non-hydrogen) atoms. The van der Waals surface area contributed by atoms with E-state index in [1.165, 1.54) is 44.3 Å². The fraction of sp³-hybridized carbons (Fsp3) is 0.667. The number of piperazine rings is 1. The minimum Gasteiger partial charge on any atom is -0.311 e. The number of nitrogens with zero attached hydrogens (tertiary/aromatic N) is 1. The van der Waals surface area contributed by atoms with Gasteiger partial charge in [0.2, 0.25) is 0 Å². The third-order valence-electron chi connectivity index (χ3n) is 5.00. The standard InChI is InChI=1S/C18H30N2/c1-4-18(5-2)15-19-16(3)14-20(18)13-9-12-17-10-7-6-8-11-17/h6-8,10-11,16,19H,4-5,9,12-15H2,1-3H3. The van der Waals surface area contributed by atoms with Crippen molar-refractivity contribution in [3.8, 4) is 0 Å². The van der Waals surface area contributed by atoms with Crippen molar-refractivity contribution in [1.82, 2.24) is 10.2 Å². The van der Waals surface area contributed by atoms with Gasteiger partial charge in [0, 0.05) is 24.7 Å². The van der Waals surface area contributed by atoms with Crippen molar-refractivity contribution in [2.75, 3.05) is 19.6 Å². The summed E-state index contributed by atoms with van der Waals surface area (Å²) in [7, 11) is 0. The summed E-state index contributed by atoms with van der Waals surface area (Å²) in [6.45, 7) is 10.5. The maximum Gasteiger partial charge on any atom is 0.0329 e. The smallest absolute Gasteiger partial charge is 0.0329 e. The van der Waals surface area contributed by atoms with Crippen LogP contribution in [0.3, 0.4) is 0 Å². The second-order valence-electron chi connectivity index (χ2n) is 6.25. The van der Waals surface area contributed by atoms with Crippen molar-refractivity contribution in [1.29, 1.82) is 0 Å². The number of hydrogen-bond acceptors (Lipinski definition) is 2. The van der Waals surface area contributed by atoms with E-state index < -0.39 is 0 Å². The Labute approximate surface area is 124 Å². The van der Waals surface area contributed by atoms with Crippen molar-refractivity contribution in [3.63, 3.8) is 0 Å². The molecule has 1 heterocycles. The summed E-state index contributed by atoms with van der Waals surface area (Å²) in [5.41, 5.74) is 1.85. The van der Waals surface area contributed by atoms with Crippen LogP contribution < -0.4 is 5.32 Å². The topological polar surface area (TPSA) is 15.3 Å². The summed E-state index contributed by atoms with van der Waals surface area (Å²) in [6, 6.07) is 11.5. The monoisotopic (exact) mass is 274 g/mol. The van der Waals surface area contributed by atoms with Crippen LogP contribution in [0.15, 0.2) is 30.3 Å². The first-order valence-electron chi connectivity index (χ1n) is 8.22. The molecule has 1 aromatic rings. The molecular formula is C18H30N2. The summed E-state index contributed by atoms with van der Waals surface area (Å²) >= 11 is 0. The van der Waals surface area contributed by atoms with Gasteiger partial charge in [-0.3, -0.25) is 4.90 Å². The van der Waals surface area contributed by atoms with Gasteiger partial charge in [0.15, 0.2) is 0 Å². The number of rotatable bonds is 6. The van der Waals surface area contributed by atoms with Gasteiger partial charge in [0.05, 0.1) is 0 Å². The molecule has 1 atom stereocenters. The molecule has 1 saturated heterocycles. The van der Waals surface area contributed by atoms with E-state index in [-0.39, 0.29) is 0 Å². The Kier molecular flexibility index (Phi) is 5.62. The zero-order valence-corrected chi connectivity index (χ0v) is 13.4. The van der Waals surface area contributed by atoms with E-state index in [1.807, 2.05) is 0 Å². The maximum atomic E-state index is 3.67. The molecule has 0 aromatic heterocycles. The van der Waals surface area contributed by atoms with Gasteiger partial charge >= 0.3 is 0 Å². The Balaban J connectivity index is 1.91. The molecule has 0 aliphatic carbocycles. The molecule has 112 valence electrons. The summed E-state index contributed by atoms with van der Waals surface area (Å²) in [6.07, 6.45) is 4.95. The Morgan fingerprint density at radius 1 is 1.20 bits per heavy atom. The largest absolute Gasteiger partial charge is 0.311 e. The fourth-order valence-electron chi connectivity index (χ4n) is 3.46. The molecule has 1 N–H and O–H groups in total. The van der Waals surface area contributed by atoms with Crippen LogP contribution >= 0.6 is 0 Å². The molecule has 1 aliphatic rings. The Hall–Kier alpha value is -0.860. The van der Waals surface area contributed by atoms with E-state index in [2.05, 4.69) is 61.3 Å². The van der Waals surface area contributed by atoms with Crippen molar-refractivity contribution >= 4 is 0 Å². The van der Waals surface area contributed by atoms with E-state index >= 15 is 0 Å². The van der Waals surface area contributed by atoms with Crippen molar-refractivity contribution in [3.05, 3.63) is 35.9 Å². The highest BCUT2D eigenvalue weighted by molar-refractivity contribution is 5.14. The lowest BCUT2D eigenvalue weighted by Gasteiger charge is -2.49. The first-order valence-corrected chi connectivity index (χ1v) is 8.22. The van der Waals surface area contributed by atoms with Gasteiger partial charge < -0.3 is 5.32 Å². The van der Waals surface area contributed by atoms with Gasteiger partial charge in [-0.15, -0.1) is 0 Å². The van der Waals surface area contributed by atoms with Crippen LogP contribution in [0.2, 0.25) is 0 Å². The molecule has 0 bridgehead atoms. The molecule has 1 aliphatic heterocycles. The number of nitrogens with one attached hydrogen (secondary N) is 1. The molecule has 2 nitrogen and oxygen atoms in total. The first kappa shape index (κ1) is 15.5. The van der Waals surface area contributed by atoms with Crippen LogP contribution in [0.25, 0.3) is 0 Å². The molecule has 1 fully saturated rings. The maximum absolute atomic E-state index is 3.67. The fourth-order valence-corrected chi connectivity index (χ4v) is 3.46. The first-order chi connectivity index (χ1) is 9.70. The van der Waals surface area contributed by atoms with Crippen LogP contribution in [0.4, 0.5) is 0 Å². The van der Waals surface area contributed by atoms with Gasteiger partial charge in [-0.05, 0) is 44.7 Å². The number of benzene rings is 1. The summed E-state index contributed by atoms with van der Waals surface area (Å²) < 4.78 is 0. The predicted molar refractivity (Wildman–Crippen MR) is 87.1 cm³/mol. The summed E-state index contributed by atoms with van der Waals surface area (Å²) in [5.74, 6) is 0. The van der Waals surface area contributed by atoms with Crippen molar-refractivity contribution in [2.45, 2.75) is 58.0 Å². The second-order valence-corrected chi connectivity index (χ2v) is 6.25. The van der Waals surface area contributed by atoms with Crippen LogP contribution in [-0.4, -0.2) is 36.1 Å². The van der Waals surface area contributed by atoms with E-state index in [9.17, 15) is 0 Å². The summed E-state index contributed by atoms with van der Waals surface area (Å²) in [5, 5.41) is 3.67. The van der Waals surface area contributed by atoms with Gasteiger partial charge in [-0.25, -0.2) is 0 Å². The lowest BCUT2D eigenvalue weighted by molar-refractivity contribution is 0.0341. The number of aryl methyl sites for hydroxylation is 1. The molecule has 2 rings (SSSR count). The molecule has 0 saturated carbocycles. The molecule has 1 unspecified atom stereocenters. The SMILES string of the molecule is CCC1(CC)CNC(C)CN1CCCc1ccccc1. The quantitative estimate of drug-likeness (QED) is 0.854. The van der Waals surface area contributed by atoms with Gasteiger partial charge in [-0.1, -0.05) is 44.2 Å². The zero-order chi connectivity index (χ0) is 14.4. The van der Waals surface area contributed by atoms with E-state index in [4.69, 9.17) is 0 Å². The Morgan fingerprint density at radius 2 is 1.90 bits per heavy atom. The second kappa shape index (κ2) is 7.24. The van der Waals surface area contributed by atoms with E-state index in [1.54, 1.807) is 0 Å². The van der Waals surface area contributed by atoms with E-state index in [0.717, 1.165) is 6.54 Å². The molecule has 1 aromatic carbocycles. The molecule has 0 radical (unpaired) electrons. The third kappa shape index (κ3) is 3.62. The number of hydrogen-bond donors (Lipinski definition) is 1. The van der Waals surface area contributed by atoms with Crippen molar-refractivity contribution < 1.29 is 0 Å². The third-order valence-corrected chi connectivity index (χ3v) is 5.00. The minimum absolute atomic E-state index is 0.378. The minimum atomic E-state index is 0.378. The van der Waals surface area contributed by atoms with Crippen LogP contribution in [0.1, 0.15) is 45.6 Å². The summed E-state index contributed by atoms with van der Waals surface area (Å²) in [4.78, 5) is 2.75. The molecule has 0 amide bonds. The molecular weight excluding hydrogens is 244 g/mol. The highest BCUT2D eigenvalue weighted by Gasteiger charge is 2.37. The molecule has 2 heteroatoms. The Morgan fingerprint density at radius 3 is 2.55 bits per heavy atom. The highest BCUT2D eigenvalue weighted by atomic mass is 15.3. The zero-order valence-electron chi connectivity index (χ0n) is 13.4. The van der Waals surface area contributed by atoms with Gasteiger partial charge in [0.1, 0.15) is 0 Å². The van der Waals surface area contributed by atoms with Crippen LogP contribution in [-0.2, 0) is 6.42 Å². The van der Waals surface area contributed by atoms with Crippen LogP contribution in [0.5, 0.6) is 0 Å². The van der Waals surface area contributed by atoms with E-state index in [0.29, 0.717) is 11.6 Å². The highest BCUT2D eigenvalue weighted by Crippen LogP contribution is 2.27. The molecule has 0 spiro atoms. The van der Waals surface area contributed by atoms with Gasteiger partial charge in [0.25, 0.3) is 0 Å². The predicted octanol–water partition coefficient (Wildman–Crippen LogP) is 3.47. The lowest BCUT2D eigenvalue weighted by Crippen LogP contribution is -2.63.